The van der Waals surface area contributed by atoms with E-state index in [2.05, 4.69) is 4.98 Å². The molecular formula is C14H15NO6. The van der Waals surface area contributed by atoms with Crippen molar-refractivity contribution in [2.24, 2.45) is 0 Å². The van der Waals surface area contributed by atoms with Crippen molar-refractivity contribution in [2.75, 3.05) is 20.3 Å². The van der Waals surface area contributed by atoms with Crippen molar-refractivity contribution in [1.82, 2.24) is 4.98 Å². The number of furan rings is 1. The maximum Gasteiger partial charge on any atom is 0.374 e. The molecule has 2 rings (SSSR count). The van der Waals surface area contributed by atoms with E-state index < -0.39 is 11.9 Å². The number of carbonyl (C=O) groups excluding carboxylic acids is 2. The van der Waals surface area contributed by atoms with Gasteiger partial charge in [-0.25, -0.2) is 14.6 Å². The molecule has 0 aliphatic rings. The molecule has 2 aromatic rings. The van der Waals surface area contributed by atoms with Crippen LogP contribution in [0, 0.1) is 0 Å². The zero-order valence-corrected chi connectivity index (χ0v) is 12.0. The van der Waals surface area contributed by atoms with Gasteiger partial charge in [-0.1, -0.05) is 0 Å². The monoisotopic (exact) mass is 293 g/mol. The number of pyridine rings is 1. The summed E-state index contributed by atoms with van der Waals surface area (Å²) in [5, 5.41) is 0.408. The minimum atomic E-state index is -0.602. The van der Waals surface area contributed by atoms with E-state index in [-0.39, 0.29) is 36.0 Å². The average Bonchev–Trinajstić information content (AvgIpc) is 2.90. The molecule has 0 aliphatic heterocycles. The summed E-state index contributed by atoms with van der Waals surface area (Å²) < 4.78 is 20.3. The summed E-state index contributed by atoms with van der Waals surface area (Å²) in [4.78, 5) is 27.5. The topological polar surface area (TPSA) is 87.9 Å². The molecule has 2 aromatic heterocycles. The molecule has 0 saturated carbocycles. The van der Waals surface area contributed by atoms with Crippen LogP contribution in [0.1, 0.15) is 34.8 Å². The van der Waals surface area contributed by atoms with Crippen molar-refractivity contribution < 1.29 is 28.2 Å². The van der Waals surface area contributed by atoms with Gasteiger partial charge >= 0.3 is 11.9 Å². The summed E-state index contributed by atoms with van der Waals surface area (Å²) in [6, 6.07) is 1.43. The Morgan fingerprint density at radius 3 is 2.48 bits per heavy atom. The van der Waals surface area contributed by atoms with Crippen molar-refractivity contribution >= 4 is 23.0 Å². The first-order valence-corrected chi connectivity index (χ1v) is 6.43. The highest BCUT2D eigenvalue weighted by Gasteiger charge is 2.22. The molecule has 0 radical (unpaired) electrons. The lowest BCUT2D eigenvalue weighted by Gasteiger charge is -2.07. The van der Waals surface area contributed by atoms with E-state index in [1.54, 1.807) is 13.8 Å². The zero-order valence-electron chi connectivity index (χ0n) is 12.0. The Kier molecular flexibility index (Phi) is 4.42. The largest absolute Gasteiger partial charge is 0.495 e. The molecule has 7 nitrogen and oxygen atoms in total. The van der Waals surface area contributed by atoms with Crippen LogP contribution in [0.15, 0.2) is 16.7 Å². The van der Waals surface area contributed by atoms with Gasteiger partial charge in [-0.2, -0.15) is 0 Å². The molecule has 0 atom stereocenters. The highest BCUT2D eigenvalue weighted by molar-refractivity contribution is 6.00. The number of ether oxygens (including phenoxy) is 3. The average molecular weight is 293 g/mol. The standard InChI is InChI=1S/C14H15NO6/c1-4-19-13(16)9-7-15-12-8(11(9)18-3)6-10(21-12)14(17)20-5-2/h6-7H,4-5H2,1-3H3. The molecule has 7 heteroatoms. The highest BCUT2D eigenvalue weighted by atomic mass is 16.5. The summed E-state index contributed by atoms with van der Waals surface area (Å²) in [5.41, 5.74) is 0.353. The van der Waals surface area contributed by atoms with Crippen LogP contribution < -0.4 is 4.74 Å². The molecule has 0 unspecified atom stereocenters. The van der Waals surface area contributed by atoms with Crippen molar-refractivity contribution in [3.8, 4) is 5.75 Å². The quantitative estimate of drug-likeness (QED) is 0.781. The molecule has 0 bridgehead atoms. The van der Waals surface area contributed by atoms with E-state index in [1.807, 2.05) is 0 Å². The predicted molar refractivity (Wildman–Crippen MR) is 72.5 cm³/mol. The summed E-state index contributed by atoms with van der Waals surface area (Å²) >= 11 is 0. The summed E-state index contributed by atoms with van der Waals surface area (Å²) in [6.45, 7) is 3.86. The van der Waals surface area contributed by atoms with E-state index >= 15 is 0 Å². The molecule has 0 aromatic carbocycles. The minimum Gasteiger partial charge on any atom is -0.495 e. The number of methoxy groups -OCH3 is 1. The van der Waals surface area contributed by atoms with Gasteiger partial charge < -0.3 is 18.6 Å². The first-order valence-electron chi connectivity index (χ1n) is 6.43. The van der Waals surface area contributed by atoms with Crippen LogP contribution in [0.3, 0.4) is 0 Å². The Hall–Kier alpha value is -2.57. The lowest BCUT2D eigenvalue weighted by atomic mass is 10.2. The second kappa shape index (κ2) is 6.25. The molecule has 0 fully saturated rings. The smallest absolute Gasteiger partial charge is 0.374 e. The Morgan fingerprint density at radius 2 is 1.86 bits per heavy atom. The highest BCUT2D eigenvalue weighted by Crippen LogP contribution is 2.31. The van der Waals surface area contributed by atoms with Gasteiger partial charge in [0, 0.05) is 12.3 Å². The normalized spacial score (nSPS) is 10.4. The third kappa shape index (κ3) is 2.81. The molecule has 112 valence electrons. The molecule has 0 N–H and O–H groups in total. The molecular weight excluding hydrogens is 278 g/mol. The van der Waals surface area contributed by atoms with Gasteiger partial charge in [0.25, 0.3) is 0 Å². The number of hydrogen-bond acceptors (Lipinski definition) is 7. The summed E-state index contributed by atoms with van der Waals surface area (Å²) in [6.07, 6.45) is 1.29. The first kappa shape index (κ1) is 14.8. The zero-order chi connectivity index (χ0) is 15.4. The molecule has 0 spiro atoms. The molecule has 21 heavy (non-hydrogen) atoms. The lowest BCUT2D eigenvalue weighted by Crippen LogP contribution is -2.07. The maximum atomic E-state index is 11.8. The third-order valence-corrected chi connectivity index (χ3v) is 2.69. The van der Waals surface area contributed by atoms with Crippen molar-refractivity contribution in [3.05, 3.63) is 23.6 Å². The van der Waals surface area contributed by atoms with Gasteiger partial charge in [-0.15, -0.1) is 0 Å². The Morgan fingerprint density at radius 1 is 1.19 bits per heavy atom. The number of hydrogen-bond donors (Lipinski definition) is 0. The number of carbonyl (C=O) groups is 2. The van der Waals surface area contributed by atoms with Crippen LogP contribution in [0.25, 0.3) is 11.1 Å². The van der Waals surface area contributed by atoms with Gasteiger partial charge in [-0.05, 0) is 13.8 Å². The fraction of sp³-hybridized carbons (Fsp3) is 0.357. The van der Waals surface area contributed by atoms with Crippen molar-refractivity contribution in [1.29, 1.82) is 0 Å². The molecule has 0 amide bonds. The minimum absolute atomic E-state index is 0.00124. The van der Waals surface area contributed by atoms with E-state index in [9.17, 15) is 9.59 Å². The first-order chi connectivity index (χ1) is 10.1. The maximum absolute atomic E-state index is 11.8. The summed E-state index contributed by atoms with van der Waals surface area (Å²) in [7, 11) is 1.41. The van der Waals surface area contributed by atoms with E-state index in [0.29, 0.717) is 5.39 Å². The van der Waals surface area contributed by atoms with Crippen LogP contribution in [-0.2, 0) is 9.47 Å². The van der Waals surface area contributed by atoms with Gasteiger partial charge in [0.2, 0.25) is 11.5 Å². The predicted octanol–water partition coefficient (Wildman–Crippen LogP) is 2.19. The molecule has 0 saturated heterocycles. The fourth-order valence-corrected chi connectivity index (χ4v) is 1.84. The number of rotatable bonds is 5. The Labute approximate surface area is 120 Å². The van der Waals surface area contributed by atoms with Gasteiger partial charge in [0.1, 0.15) is 11.3 Å². The van der Waals surface area contributed by atoms with Gasteiger partial charge in [0.05, 0.1) is 25.7 Å². The van der Waals surface area contributed by atoms with Crippen molar-refractivity contribution in [2.45, 2.75) is 13.8 Å². The Bertz CT molecular complexity index is 675. The van der Waals surface area contributed by atoms with Crippen LogP contribution in [-0.4, -0.2) is 37.2 Å². The van der Waals surface area contributed by atoms with E-state index in [4.69, 9.17) is 18.6 Å². The van der Waals surface area contributed by atoms with Crippen LogP contribution in [0.5, 0.6) is 5.75 Å². The van der Waals surface area contributed by atoms with E-state index in [1.165, 1.54) is 19.4 Å². The van der Waals surface area contributed by atoms with Gasteiger partial charge in [0.15, 0.2) is 0 Å². The number of nitrogens with zero attached hydrogens (tertiary/aromatic N) is 1. The number of esters is 2. The SMILES string of the molecule is CCOC(=O)c1cc2c(OC)c(C(=O)OCC)cnc2o1. The van der Waals surface area contributed by atoms with Crippen LogP contribution in [0.2, 0.25) is 0 Å². The number of aromatic nitrogens is 1. The second-order valence-electron chi connectivity index (χ2n) is 3.98. The van der Waals surface area contributed by atoms with E-state index in [0.717, 1.165) is 0 Å². The molecule has 0 aliphatic carbocycles. The molecule has 2 heterocycles. The van der Waals surface area contributed by atoms with Crippen LogP contribution in [0.4, 0.5) is 0 Å². The lowest BCUT2D eigenvalue weighted by molar-refractivity contribution is 0.0489. The third-order valence-electron chi connectivity index (χ3n) is 2.69. The Balaban J connectivity index is 2.51. The number of fused-ring (bicyclic) bond motifs is 1. The summed E-state index contributed by atoms with van der Waals surface area (Å²) in [5.74, 6) is -0.908. The fourth-order valence-electron chi connectivity index (χ4n) is 1.84. The van der Waals surface area contributed by atoms with Crippen molar-refractivity contribution in [3.63, 3.8) is 0 Å². The van der Waals surface area contributed by atoms with Gasteiger partial charge in [-0.3, -0.25) is 0 Å². The second-order valence-corrected chi connectivity index (χ2v) is 3.98. The van der Waals surface area contributed by atoms with Crippen LogP contribution >= 0.6 is 0 Å².